The predicted octanol–water partition coefficient (Wildman–Crippen LogP) is 3.89. The van der Waals surface area contributed by atoms with Crippen molar-refractivity contribution < 1.29 is 14.2 Å². The molecule has 0 amide bonds. The Balaban J connectivity index is 2.20. The molecule has 21 heavy (non-hydrogen) atoms. The van der Waals surface area contributed by atoms with Crippen molar-refractivity contribution in [2.75, 3.05) is 26.6 Å². The topological polar surface area (TPSA) is 39.7 Å². The molecule has 0 radical (unpaired) electrons. The number of rotatable bonds is 6. The van der Waals surface area contributed by atoms with E-state index in [0.29, 0.717) is 0 Å². The normalized spacial score (nSPS) is 11.6. The molecule has 0 saturated carbocycles. The van der Waals surface area contributed by atoms with Gasteiger partial charge < -0.3 is 19.5 Å². The standard InChI is InChI=1S/C17H21NO3/c1-12(13-6-5-7-14(10-13)19-2)18-16-9-8-15(20-3)11-17(16)21-4/h5-12,18H,1-4H3. The summed E-state index contributed by atoms with van der Waals surface area (Å²) >= 11 is 0. The number of methoxy groups -OCH3 is 3. The lowest BCUT2D eigenvalue weighted by atomic mass is 10.1. The van der Waals surface area contributed by atoms with Crippen LogP contribution < -0.4 is 19.5 Å². The summed E-state index contributed by atoms with van der Waals surface area (Å²) in [4.78, 5) is 0. The van der Waals surface area contributed by atoms with Gasteiger partial charge in [0.1, 0.15) is 17.2 Å². The first-order valence-corrected chi connectivity index (χ1v) is 6.80. The zero-order chi connectivity index (χ0) is 15.2. The van der Waals surface area contributed by atoms with Gasteiger partial charge in [0.15, 0.2) is 0 Å². The number of hydrogen-bond acceptors (Lipinski definition) is 4. The SMILES string of the molecule is COc1cccc(C(C)Nc2ccc(OC)cc2OC)c1. The van der Waals surface area contributed by atoms with Gasteiger partial charge >= 0.3 is 0 Å². The van der Waals surface area contributed by atoms with E-state index in [2.05, 4.69) is 18.3 Å². The second-order valence-corrected chi connectivity index (χ2v) is 4.71. The van der Waals surface area contributed by atoms with E-state index in [1.165, 1.54) is 0 Å². The molecular weight excluding hydrogens is 266 g/mol. The molecule has 1 unspecified atom stereocenters. The Morgan fingerprint density at radius 3 is 2.24 bits per heavy atom. The van der Waals surface area contributed by atoms with Crippen LogP contribution in [0.4, 0.5) is 5.69 Å². The monoisotopic (exact) mass is 287 g/mol. The van der Waals surface area contributed by atoms with Crippen molar-refractivity contribution >= 4 is 5.69 Å². The van der Waals surface area contributed by atoms with Crippen molar-refractivity contribution in [1.82, 2.24) is 0 Å². The molecule has 112 valence electrons. The van der Waals surface area contributed by atoms with Crippen molar-refractivity contribution in [2.24, 2.45) is 0 Å². The van der Waals surface area contributed by atoms with Gasteiger partial charge in [-0.2, -0.15) is 0 Å². The molecule has 0 saturated heterocycles. The number of benzene rings is 2. The lowest BCUT2D eigenvalue weighted by Gasteiger charge is -2.19. The zero-order valence-corrected chi connectivity index (χ0v) is 12.8. The van der Waals surface area contributed by atoms with Gasteiger partial charge in [-0.05, 0) is 36.8 Å². The van der Waals surface area contributed by atoms with Crippen molar-refractivity contribution in [3.8, 4) is 17.2 Å². The maximum Gasteiger partial charge on any atom is 0.145 e. The first-order valence-electron chi connectivity index (χ1n) is 6.80. The summed E-state index contributed by atoms with van der Waals surface area (Å²) < 4.78 is 15.9. The van der Waals surface area contributed by atoms with Crippen LogP contribution in [-0.4, -0.2) is 21.3 Å². The van der Waals surface area contributed by atoms with Crippen molar-refractivity contribution in [3.63, 3.8) is 0 Å². The average molecular weight is 287 g/mol. The summed E-state index contributed by atoms with van der Waals surface area (Å²) in [6, 6.07) is 13.9. The van der Waals surface area contributed by atoms with E-state index in [-0.39, 0.29) is 6.04 Å². The average Bonchev–Trinajstić information content (AvgIpc) is 2.55. The second kappa shape index (κ2) is 6.88. The van der Waals surface area contributed by atoms with Crippen molar-refractivity contribution in [3.05, 3.63) is 48.0 Å². The molecule has 0 spiro atoms. The van der Waals surface area contributed by atoms with Gasteiger partial charge in [0.05, 0.1) is 27.0 Å². The Morgan fingerprint density at radius 2 is 1.57 bits per heavy atom. The summed E-state index contributed by atoms with van der Waals surface area (Å²) in [6.07, 6.45) is 0. The molecule has 4 heteroatoms. The molecule has 4 nitrogen and oxygen atoms in total. The quantitative estimate of drug-likeness (QED) is 0.875. The lowest BCUT2D eigenvalue weighted by Crippen LogP contribution is -2.08. The molecule has 1 atom stereocenters. The lowest BCUT2D eigenvalue weighted by molar-refractivity contribution is 0.395. The Labute approximate surface area is 125 Å². The number of anilines is 1. The van der Waals surface area contributed by atoms with Gasteiger partial charge in [0, 0.05) is 12.1 Å². The summed E-state index contributed by atoms with van der Waals surface area (Å²) in [5.41, 5.74) is 2.07. The Morgan fingerprint density at radius 1 is 0.857 bits per heavy atom. The summed E-state index contributed by atoms with van der Waals surface area (Å²) in [5, 5.41) is 3.44. The van der Waals surface area contributed by atoms with E-state index >= 15 is 0 Å². The third kappa shape index (κ3) is 3.60. The van der Waals surface area contributed by atoms with Crippen LogP contribution in [0.25, 0.3) is 0 Å². The van der Waals surface area contributed by atoms with E-state index in [1.54, 1.807) is 21.3 Å². The molecule has 0 aromatic heterocycles. The van der Waals surface area contributed by atoms with Crippen LogP contribution in [0, 0.1) is 0 Å². The van der Waals surface area contributed by atoms with Crippen LogP contribution in [-0.2, 0) is 0 Å². The number of ether oxygens (including phenoxy) is 3. The van der Waals surface area contributed by atoms with Crippen LogP contribution in [0.1, 0.15) is 18.5 Å². The minimum atomic E-state index is 0.127. The van der Waals surface area contributed by atoms with Crippen molar-refractivity contribution in [2.45, 2.75) is 13.0 Å². The van der Waals surface area contributed by atoms with Crippen LogP contribution in [0.5, 0.6) is 17.2 Å². The summed E-state index contributed by atoms with van der Waals surface area (Å²) in [6.45, 7) is 2.10. The van der Waals surface area contributed by atoms with Gasteiger partial charge in [-0.15, -0.1) is 0 Å². The largest absolute Gasteiger partial charge is 0.497 e. The molecule has 0 aliphatic heterocycles. The molecule has 0 aliphatic carbocycles. The molecule has 2 aromatic rings. The molecule has 0 heterocycles. The molecule has 2 aromatic carbocycles. The first kappa shape index (κ1) is 15.0. The molecule has 0 fully saturated rings. The number of hydrogen-bond donors (Lipinski definition) is 1. The van der Waals surface area contributed by atoms with Gasteiger partial charge in [0.25, 0.3) is 0 Å². The predicted molar refractivity (Wildman–Crippen MR) is 84.6 cm³/mol. The molecule has 0 bridgehead atoms. The highest BCUT2D eigenvalue weighted by molar-refractivity contribution is 5.60. The minimum absolute atomic E-state index is 0.127. The van der Waals surface area contributed by atoms with E-state index in [4.69, 9.17) is 14.2 Å². The van der Waals surface area contributed by atoms with Crippen molar-refractivity contribution in [1.29, 1.82) is 0 Å². The Kier molecular flexibility index (Phi) is 4.93. The van der Waals surface area contributed by atoms with Crippen LogP contribution in [0.2, 0.25) is 0 Å². The Bertz CT molecular complexity index is 598. The van der Waals surface area contributed by atoms with E-state index in [1.807, 2.05) is 36.4 Å². The fourth-order valence-electron chi connectivity index (χ4n) is 2.15. The van der Waals surface area contributed by atoms with Crippen LogP contribution >= 0.6 is 0 Å². The van der Waals surface area contributed by atoms with E-state index in [0.717, 1.165) is 28.5 Å². The fraction of sp³-hybridized carbons (Fsp3) is 0.294. The highest BCUT2D eigenvalue weighted by Gasteiger charge is 2.10. The molecular formula is C17H21NO3. The summed E-state index contributed by atoms with van der Waals surface area (Å²) in [5.74, 6) is 2.37. The van der Waals surface area contributed by atoms with E-state index < -0.39 is 0 Å². The summed E-state index contributed by atoms with van der Waals surface area (Å²) in [7, 11) is 4.96. The van der Waals surface area contributed by atoms with Gasteiger partial charge in [0.2, 0.25) is 0 Å². The molecule has 0 aliphatic rings. The maximum absolute atomic E-state index is 5.40. The molecule has 2 rings (SSSR count). The fourth-order valence-corrected chi connectivity index (χ4v) is 2.15. The van der Waals surface area contributed by atoms with Gasteiger partial charge in [-0.3, -0.25) is 0 Å². The maximum atomic E-state index is 5.40. The van der Waals surface area contributed by atoms with E-state index in [9.17, 15) is 0 Å². The highest BCUT2D eigenvalue weighted by atomic mass is 16.5. The third-order valence-electron chi connectivity index (χ3n) is 3.37. The zero-order valence-electron chi connectivity index (χ0n) is 12.8. The third-order valence-corrected chi connectivity index (χ3v) is 3.37. The highest BCUT2D eigenvalue weighted by Crippen LogP contribution is 2.32. The van der Waals surface area contributed by atoms with Gasteiger partial charge in [-0.25, -0.2) is 0 Å². The first-order chi connectivity index (χ1) is 10.2. The van der Waals surface area contributed by atoms with Gasteiger partial charge in [-0.1, -0.05) is 12.1 Å². The second-order valence-electron chi connectivity index (χ2n) is 4.71. The van der Waals surface area contributed by atoms with Crippen LogP contribution in [0.3, 0.4) is 0 Å². The Hall–Kier alpha value is -2.36. The number of nitrogens with one attached hydrogen (secondary N) is 1. The minimum Gasteiger partial charge on any atom is -0.497 e. The van der Waals surface area contributed by atoms with Crippen LogP contribution in [0.15, 0.2) is 42.5 Å². The molecule has 1 N–H and O–H groups in total. The smallest absolute Gasteiger partial charge is 0.145 e.